The zero-order valence-corrected chi connectivity index (χ0v) is 15.7. The highest BCUT2D eigenvalue weighted by atomic mass is 35.5. The Hall–Kier alpha value is -3.29. The van der Waals surface area contributed by atoms with E-state index in [1.54, 1.807) is 24.3 Å². The Morgan fingerprint density at radius 3 is 2.00 bits per heavy atom. The van der Waals surface area contributed by atoms with Gasteiger partial charge in [0.2, 0.25) is 17.8 Å². The lowest BCUT2D eigenvalue weighted by atomic mass is 10.2. The van der Waals surface area contributed by atoms with Crippen molar-refractivity contribution in [3.8, 4) is 6.07 Å². The van der Waals surface area contributed by atoms with Crippen molar-refractivity contribution < 1.29 is 13.2 Å². The molecule has 1 heterocycles. The quantitative estimate of drug-likeness (QED) is 0.515. The van der Waals surface area contributed by atoms with Crippen LogP contribution in [0.25, 0.3) is 0 Å². The molecule has 0 saturated carbocycles. The molecule has 0 spiro atoms. The van der Waals surface area contributed by atoms with E-state index >= 15 is 0 Å². The van der Waals surface area contributed by atoms with E-state index in [1.165, 1.54) is 0 Å². The molecule has 7 nitrogen and oxygen atoms in total. The third kappa shape index (κ3) is 4.96. The Balaban J connectivity index is 1.88. The highest BCUT2D eigenvalue weighted by Gasteiger charge is 2.32. The van der Waals surface area contributed by atoms with Crippen LogP contribution < -0.4 is 16.4 Å². The maximum Gasteiger partial charge on any atom is 0.416 e. The fourth-order valence-corrected chi connectivity index (χ4v) is 2.81. The lowest BCUT2D eigenvalue weighted by Crippen LogP contribution is -2.08. The lowest BCUT2D eigenvalue weighted by molar-refractivity contribution is -0.137. The van der Waals surface area contributed by atoms with E-state index in [4.69, 9.17) is 34.2 Å². The fourth-order valence-electron chi connectivity index (χ4n) is 2.23. The molecule has 0 radical (unpaired) electrons. The van der Waals surface area contributed by atoms with Gasteiger partial charge in [-0.25, -0.2) is 0 Å². The van der Waals surface area contributed by atoms with Gasteiger partial charge in [-0.2, -0.15) is 33.4 Å². The van der Waals surface area contributed by atoms with Gasteiger partial charge in [-0.15, -0.1) is 0 Å². The van der Waals surface area contributed by atoms with Crippen LogP contribution in [0.5, 0.6) is 0 Å². The summed E-state index contributed by atoms with van der Waals surface area (Å²) in [6.45, 7) is 0. The van der Waals surface area contributed by atoms with Crippen LogP contribution in [0, 0.1) is 11.3 Å². The number of aromatic nitrogens is 3. The molecule has 12 heteroatoms. The third-order valence-electron chi connectivity index (χ3n) is 3.53. The van der Waals surface area contributed by atoms with Crippen LogP contribution in [0.1, 0.15) is 11.1 Å². The van der Waals surface area contributed by atoms with Gasteiger partial charge in [0.05, 0.1) is 32.9 Å². The Bertz CT molecular complexity index is 1070. The van der Waals surface area contributed by atoms with E-state index in [0.717, 1.165) is 12.1 Å². The van der Waals surface area contributed by atoms with Gasteiger partial charge in [0, 0.05) is 5.69 Å². The molecule has 0 aliphatic heterocycles. The second-order valence-corrected chi connectivity index (χ2v) is 6.41. The number of nitrogens with one attached hydrogen (secondary N) is 2. The number of nitriles is 1. The molecule has 0 atom stereocenters. The molecule has 29 heavy (non-hydrogen) atoms. The highest BCUT2D eigenvalue weighted by molar-refractivity contribution is 6.39. The van der Waals surface area contributed by atoms with Crippen LogP contribution in [-0.4, -0.2) is 15.0 Å². The summed E-state index contributed by atoms with van der Waals surface area (Å²) >= 11 is 11.9. The average Bonchev–Trinajstić information content (AvgIpc) is 2.64. The molecule has 2 aromatic carbocycles. The largest absolute Gasteiger partial charge is 0.416 e. The van der Waals surface area contributed by atoms with E-state index < -0.39 is 11.7 Å². The maximum absolute atomic E-state index is 12.9. The molecule has 3 rings (SSSR count). The number of halogens is 5. The van der Waals surface area contributed by atoms with Crippen molar-refractivity contribution in [2.75, 3.05) is 16.4 Å². The molecule has 0 amide bonds. The Morgan fingerprint density at radius 1 is 0.931 bits per heavy atom. The number of hydrogen-bond donors (Lipinski definition) is 3. The monoisotopic (exact) mass is 439 g/mol. The molecule has 148 valence electrons. The van der Waals surface area contributed by atoms with Gasteiger partial charge in [0.1, 0.15) is 0 Å². The van der Waals surface area contributed by atoms with Crippen molar-refractivity contribution in [3.63, 3.8) is 0 Å². The van der Waals surface area contributed by atoms with Crippen molar-refractivity contribution >= 4 is 52.4 Å². The Labute approximate surface area is 172 Å². The fraction of sp³-hybridized carbons (Fsp3) is 0.0588. The molecule has 0 saturated heterocycles. The lowest BCUT2D eigenvalue weighted by Gasteiger charge is -2.14. The Morgan fingerprint density at radius 2 is 1.48 bits per heavy atom. The summed E-state index contributed by atoms with van der Waals surface area (Å²) in [6, 6.07) is 9.91. The zero-order valence-electron chi connectivity index (χ0n) is 14.2. The molecule has 0 aliphatic rings. The van der Waals surface area contributed by atoms with Gasteiger partial charge in [-0.1, -0.05) is 23.2 Å². The van der Waals surface area contributed by atoms with Gasteiger partial charge in [-0.05, 0) is 36.4 Å². The molecule has 0 fully saturated rings. The summed E-state index contributed by atoms with van der Waals surface area (Å²) in [5.74, 6) is -0.182. The summed E-state index contributed by atoms with van der Waals surface area (Å²) in [5.41, 5.74) is 5.71. The van der Waals surface area contributed by atoms with Crippen molar-refractivity contribution in [3.05, 3.63) is 57.6 Å². The minimum atomic E-state index is -4.60. The molecular formula is C17H10Cl2F3N7. The van der Waals surface area contributed by atoms with E-state index in [1.807, 2.05) is 6.07 Å². The number of nitrogens with zero attached hydrogens (tertiary/aromatic N) is 4. The molecular weight excluding hydrogens is 430 g/mol. The van der Waals surface area contributed by atoms with E-state index in [9.17, 15) is 13.2 Å². The maximum atomic E-state index is 12.9. The van der Waals surface area contributed by atoms with Crippen LogP contribution >= 0.6 is 23.2 Å². The summed E-state index contributed by atoms with van der Waals surface area (Å²) in [7, 11) is 0. The number of alkyl halides is 3. The number of anilines is 5. The first-order valence-electron chi connectivity index (χ1n) is 7.77. The van der Waals surface area contributed by atoms with Gasteiger partial charge in [-0.3, -0.25) is 0 Å². The van der Waals surface area contributed by atoms with Gasteiger partial charge in [0.25, 0.3) is 0 Å². The van der Waals surface area contributed by atoms with Crippen molar-refractivity contribution in [1.82, 2.24) is 15.0 Å². The minimum Gasteiger partial charge on any atom is -0.368 e. The van der Waals surface area contributed by atoms with Crippen molar-refractivity contribution in [1.29, 1.82) is 5.26 Å². The molecule has 1 aromatic heterocycles. The van der Waals surface area contributed by atoms with Crippen LogP contribution in [0.3, 0.4) is 0 Å². The number of nitrogens with two attached hydrogens (primary N) is 1. The first kappa shape index (κ1) is 20.4. The average molecular weight is 440 g/mol. The van der Waals surface area contributed by atoms with Crippen LogP contribution in [0.15, 0.2) is 36.4 Å². The SMILES string of the molecule is N#Cc1ccc(Nc2nc(N)nc(Nc3c(Cl)cc(C(F)(F)F)cc3Cl)n2)cc1. The summed E-state index contributed by atoms with van der Waals surface area (Å²) in [5, 5.41) is 13.8. The molecule has 0 unspecified atom stereocenters. The number of hydrogen-bond acceptors (Lipinski definition) is 7. The summed E-state index contributed by atoms with van der Waals surface area (Å²) < 4.78 is 38.6. The number of nitrogen functional groups attached to an aromatic ring is 1. The zero-order chi connectivity index (χ0) is 21.2. The standard InChI is InChI=1S/C17H10Cl2F3N7/c18-11-5-9(17(20,21)22)6-12(19)13(11)26-16-28-14(24)27-15(29-16)25-10-3-1-8(7-23)2-4-10/h1-6H,(H4,24,25,26,27,28,29). The van der Waals surface area contributed by atoms with E-state index in [0.29, 0.717) is 11.3 Å². The summed E-state index contributed by atoms with van der Waals surface area (Å²) in [4.78, 5) is 11.9. The highest BCUT2D eigenvalue weighted by Crippen LogP contribution is 2.39. The van der Waals surface area contributed by atoms with Gasteiger partial charge < -0.3 is 16.4 Å². The molecule has 0 bridgehead atoms. The van der Waals surface area contributed by atoms with Crippen LogP contribution in [0.4, 0.5) is 42.4 Å². The Kier molecular flexibility index (Phi) is 5.63. The van der Waals surface area contributed by atoms with Crippen molar-refractivity contribution in [2.24, 2.45) is 0 Å². The second-order valence-electron chi connectivity index (χ2n) is 5.59. The predicted octanol–water partition coefficient (Wildman–Crippen LogP) is 5.14. The topological polar surface area (TPSA) is 113 Å². The number of benzene rings is 2. The van der Waals surface area contributed by atoms with Gasteiger partial charge >= 0.3 is 6.18 Å². The third-order valence-corrected chi connectivity index (χ3v) is 4.13. The van der Waals surface area contributed by atoms with Crippen LogP contribution in [-0.2, 0) is 6.18 Å². The minimum absolute atomic E-state index is 0.0174. The smallest absolute Gasteiger partial charge is 0.368 e. The molecule has 3 aromatic rings. The number of rotatable bonds is 4. The molecule has 0 aliphatic carbocycles. The molecule has 4 N–H and O–H groups in total. The predicted molar refractivity (Wildman–Crippen MR) is 103 cm³/mol. The van der Waals surface area contributed by atoms with Gasteiger partial charge in [0.15, 0.2) is 0 Å². The first-order valence-corrected chi connectivity index (χ1v) is 8.53. The van der Waals surface area contributed by atoms with E-state index in [2.05, 4.69) is 25.6 Å². The van der Waals surface area contributed by atoms with E-state index in [-0.39, 0.29) is 33.6 Å². The normalized spacial score (nSPS) is 11.0. The second kappa shape index (κ2) is 7.98. The van der Waals surface area contributed by atoms with Crippen molar-refractivity contribution in [2.45, 2.75) is 6.18 Å². The summed E-state index contributed by atoms with van der Waals surface area (Å²) in [6.07, 6.45) is -4.60. The first-order chi connectivity index (χ1) is 13.7. The van der Waals surface area contributed by atoms with Crippen LogP contribution in [0.2, 0.25) is 10.0 Å².